The second-order valence-corrected chi connectivity index (χ2v) is 7.20. The molecule has 6 nitrogen and oxygen atoms in total. The van der Waals surface area contributed by atoms with Gasteiger partial charge >= 0.3 is 0 Å². The van der Waals surface area contributed by atoms with Crippen molar-refractivity contribution in [3.8, 4) is 5.75 Å². The van der Waals surface area contributed by atoms with E-state index in [1.54, 1.807) is 7.11 Å². The number of carbonyl (C=O) groups is 1. The lowest BCUT2D eigenvalue weighted by molar-refractivity contribution is -0.122. The number of carbonyl (C=O) groups excluding carboxylic acids is 1. The van der Waals surface area contributed by atoms with E-state index in [1.165, 1.54) is 10.8 Å². The van der Waals surface area contributed by atoms with E-state index in [0.717, 1.165) is 29.1 Å². The van der Waals surface area contributed by atoms with Crippen molar-refractivity contribution in [2.24, 2.45) is 5.73 Å². The number of hydrogen-bond donors (Lipinski definition) is 4. The Balaban J connectivity index is 1.43. The maximum absolute atomic E-state index is 12.4. The summed E-state index contributed by atoms with van der Waals surface area (Å²) in [5.74, 6) is 0.706. The van der Waals surface area contributed by atoms with Gasteiger partial charge in [0.25, 0.3) is 0 Å². The van der Waals surface area contributed by atoms with Gasteiger partial charge in [0.15, 0.2) is 0 Å². The largest absolute Gasteiger partial charge is 0.496 e. The van der Waals surface area contributed by atoms with Gasteiger partial charge in [0.1, 0.15) is 5.75 Å². The average Bonchev–Trinajstić information content (AvgIpc) is 2.79. The topological polar surface area (TPSA) is 88.4 Å². The van der Waals surface area contributed by atoms with Crippen LogP contribution in [0.4, 0.5) is 5.69 Å². The van der Waals surface area contributed by atoms with Crippen LogP contribution < -0.4 is 26.4 Å². The Hall–Kier alpha value is -3.09. The van der Waals surface area contributed by atoms with Crippen molar-refractivity contribution in [1.82, 2.24) is 10.6 Å². The maximum atomic E-state index is 12.4. The first kappa shape index (κ1) is 21.6. The predicted molar refractivity (Wildman–Crippen MR) is 123 cm³/mol. The fourth-order valence-electron chi connectivity index (χ4n) is 3.37. The zero-order valence-corrected chi connectivity index (χ0v) is 17.6. The first-order valence-corrected chi connectivity index (χ1v) is 10.2. The smallest absolute Gasteiger partial charge is 0.237 e. The molecule has 3 aromatic carbocycles. The van der Waals surface area contributed by atoms with Crippen LogP contribution in [-0.4, -0.2) is 32.1 Å². The molecule has 0 aliphatic rings. The third-order valence-corrected chi connectivity index (χ3v) is 5.11. The van der Waals surface area contributed by atoms with Crippen molar-refractivity contribution in [3.63, 3.8) is 0 Å². The van der Waals surface area contributed by atoms with E-state index in [4.69, 9.17) is 10.5 Å². The van der Waals surface area contributed by atoms with Gasteiger partial charge in [-0.2, -0.15) is 0 Å². The fourth-order valence-corrected chi connectivity index (χ4v) is 3.37. The highest BCUT2D eigenvalue weighted by Gasteiger charge is 2.12. The number of nitrogens with one attached hydrogen (secondary N) is 3. The number of benzene rings is 3. The molecule has 1 atom stereocenters. The molecule has 3 rings (SSSR count). The van der Waals surface area contributed by atoms with E-state index in [9.17, 15) is 4.79 Å². The summed E-state index contributed by atoms with van der Waals surface area (Å²) in [4.78, 5) is 12.4. The summed E-state index contributed by atoms with van der Waals surface area (Å²) in [7, 11) is 1.62. The van der Waals surface area contributed by atoms with Crippen molar-refractivity contribution in [1.29, 1.82) is 0 Å². The van der Waals surface area contributed by atoms with Crippen LogP contribution in [0.3, 0.4) is 0 Å². The van der Waals surface area contributed by atoms with Gasteiger partial charge in [0.2, 0.25) is 5.91 Å². The molecule has 0 spiro atoms. The molecule has 5 N–H and O–H groups in total. The van der Waals surface area contributed by atoms with Gasteiger partial charge in [0.05, 0.1) is 13.2 Å². The highest BCUT2D eigenvalue weighted by molar-refractivity contribution is 5.93. The third-order valence-electron chi connectivity index (χ3n) is 5.11. The van der Waals surface area contributed by atoms with E-state index in [1.807, 2.05) is 43.3 Å². The van der Waals surface area contributed by atoms with Crippen LogP contribution in [-0.2, 0) is 17.9 Å². The van der Waals surface area contributed by atoms with Crippen molar-refractivity contribution < 1.29 is 9.53 Å². The number of nitrogens with two attached hydrogens (primary N) is 1. The maximum Gasteiger partial charge on any atom is 0.237 e. The number of hydrogen-bond acceptors (Lipinski definition) is 5. The summed E-state index contributed by atoms with van der Waals surface area (Å²) in [6, 6.07) is 20.0. The minimum Gasteiger partial charge on any atom is -0.496 e. The van der Waals surface area contributed by atoms with Gasteiger partial charge in [-0.3, -0.25) is 4.79 Å². The number of amides is 1. The van der Waals surface area contributed by atoms with Crippen LogP contribution >= 0.6 is 0 Å². The van der Waals surface area contributed by atoms with Gasteiger partial charge in [-0.25, -0.2) is 0 Å². The Bertz CT molecular complexity index is 985. The molecule has 158 valence electrons. The Morgan fingerprint density at radius 3 is 2.67 bits per heavy atom. The highest BCUT2D eigenvalue weighted by atomic mass is 16.5. The average molecular weight is 407 g/mol. The van der Waals surface area contributed by atoms with Gasteiger partial charge in [0, 0.05) is 42.8 Å². The number of methoxy groups -OCH3 is 1. The quantitative estimate of drug-likeness (QED) is 0.389. The summed E-state index contributed by atoms with van der Waals surface area (Å²) < 4.78 is 5.35. The van der Waals surface area contributed by atoms with Crippen LogP contribution in [0.2, 0.25) is 0 Å². The Morgan fingerprint density at radius 1 is 1.07 bits per heavy atom. The molecule has 0 aliphatic heterocycles. The molecule has 0 aliphatic carbocycles. The Labute approximate surface area is 177 Å². The lowest BCUT2D eigenvalue weighted by Crippen LogP contribution is -2.43. The van der Waals surface area contributed by atoms with E-state index in [-0.39, 0.29) is 11.9 Å². The highest BCUT2D eigenvalue weighted by Crippen LogP contribution is 2.22. The van der Waals surface area contributed by atoms with Gasteiger partial charge < -0.3 is 26.4 Å². The lowest BCUT2D eigenvalue weighted by atomic mass is 10.1. The van der Waals surface area contributed by atoms with Gasteiger partial charge in [-0.1, -0.05) is 48.5 Å². The zero-order valence-electron chi connectivity index (χ0n) is 17.6. The Morgan fingerprint density at radius 2 is 1.87 bits per heavy atom. The van der Waals surface area contributed by atoms with E-state index < -0.39 is 0 Å². The first-order valence-electron chi connectivity index (χ1n) is 10.2. The molecule has 3 aromatic rings. The van der Waals surface area contributed by atoms with Crippen molar-refractivity contribution >= 4 is 22.4 Å². The predicted octanol–water partition coefficient (Wildman–Crippen LogP) is 3.01. The number of ether oxygens (including phenoxy) is 1. The molecule has 30 heavy (non-hydrogen) atoms. The number of anilines is 1. The molecule has 0 saturated heterocycles. The molecular formula is C24H30N4O2. The van der Waals surface area contributed by atoms with Crippen LogP contribution in [0, 0.1) is 0 Å². The second kappa shape index (κ2) is 10.6. The molecule has 0 heterocycles. The van der Waals surface area contributed by atoms with Crippen LogP contribution in [0.1, 0.15) is 18.1 Å². The van der Waals surface area contributed by atoms with Gasteiger partial charge in [-0.15, -0.1) is 0 Å². The molecule has 0 bridgehead atoms. The molecule has 0 aromatic heterocycles. The van der Waals surface area contributed by atoms with Crippen molar-refractivity contribution in [2.75, 3.05) is 25.5 Å². The van der Waals surface area contributed by atoms with E-state index in [2.05, 4.69) is 40.2 Å². The second-order valence-electron chi connectivity index (χ2n) is 7.20. The molecule has 0 fully saturated rings. The van der Waals surface area contributed by atoms with Crippen LogP contribution in [0.5, 0.6) is 5.75 Å². The number of rotatable bonds is 10. The van der Waals surface area contributed by atoms with Gasteiger partial charge in [-0.05, 0) is 30.0 Å². The fraction of sp³-hybridized carbons (Fsp3) is 0.292. The normalized spacial score (nSPS) is 11.8. The minimum absolute atomic E-state index is 0.0398. The van der Waals surface area contributed by atoms with Crippen LogP contribution in [0.15, 0.2) is 60.7 Å². The SMILES string of the molecule is COc1cc(CNC(=O)[C@@H](C)NCCNc2cccc3ccccc23)ccc1CN. The molecular weight excluding hydrogens is 376 g/mol. The third kappa shape index (κ3) is 5.49. The summed E-state index contributed by atoms with van der Waals surface area (Å²) in [5.41, 5.74) is 8.72. The van der Waals surface area contributed by atoms with E-state index >= 15 is 0 Å². The lowest BCUT2D eigenvalue weighted by Gasteiger charge is -2.16. The summed E-state index contributed by atoms with van der Waals surface area (Å²) in [6.45, 7) is 4.13. The monoisotopic (exact) mass is 406 g/mol. The molecule has 1 amide bonds. The standard InChI is InChI=1S/C24H30N4O2/c1-17(24(29)28-16-18-10-11-20(15-25)23(14-18)30-2)26-12-13-27-22-9-5-7-19-6-3-4-8-21(19)22/h3-11,14,17,26-27H,12-13,15-16,25H2,1-2H3,(H,28,29)/t17-/m1/s1. The zero-order chi connectivity index (χ0) is 21.3. The number of fused-ring (bicyclic) bond motifs is 1. The minimum atomic E-state index is -0.287. The Kier molecular flexibility index (Phi) is 7.65. The summed E-state index contributed by atoms with van der Waals surface area (Å²) in [6.07, 6.45) is 0. The molecule has 6 heteroatoms. The van der Waals surface area contributed by atoms with Crippen LogP contribution in [0.25, 0.3) is 10.8 Å². The summed E-state index contributed by atoms with van der Waals surface area (Å²) in [5, 5.41) is 12.1. The molecule has 0 radical (unpaired) electrons. The first-order chi connectivity index (χ1) is 14.6. The summed E-state index contributed by atoms with van der Waals surface area (Å²) >= 11 is 0. The van der Waals surface area contributed by atoms with E-state index in [0.29, 0.717) is 19.6 Å². The van der Waals surface area contributed by atoms with Crippen molar-refractivity contribution in [3.05, 3.63) is 71.8 Å². The molecule has 0 saturated carbocycles. The molecule has 0 unspecified atom stereocenters. The van der Waals surface area contributed by atoms with Crippen molar-refractivity contribution in [2.45, 2.75) is 26.1 Å².